The van der Waals surface area contributed by atoms with Crippen LogP contribution in [-0.4, -0.2) is 49.6 Å². The fourth-order valence-electron chi connectivity index (χ4n) is 3.00. The van der Waals surface area contributed by atoms with Crippen LogP contribution >= 0.6 is 0 Å². The minimum atomic E-state index is 0.0120. The summed E-state index contributed by atoms with van der Waals surface area (Å²) < 4.78 is 5.26. The Balaban J connectivity index is 1.76. The van der Waals surface area contributed by atoms with Gasteiger partial charge in [-0.2, -0.15) is 0 Å². The van der Waals surface area contributed by atoms with Gasteiger partial charge in [-0.25, -0.2) is 0 Å². The molecule has 132 valence electrons. The van der Waals surface area contributed by atoms with Gasteiger partial charge < -0.3 is 15.0 Å². The Bertz CT molecular complexity index is 551. The fraction of sp³-hybridized carbons (Fsp3) is 0.579. The number of carbonyl (C=O) groups excluding carboxylic acids is 2. The molecule has 0 spiro atoms. The number of nitrogens with zero attached hydrogens (tertiary/aromatic N) is 1. The van der Waals surface area contributed by atoms with Crippen molar-refractivity contribution < 1.29 is 14.3 Å². The van der Waals surface area contributed by atoms with E-state index >= 15 is 0 Å². The van der Waals surface area contributed by atoms with E-state index in [0.29, 0.717) is 32.8 Å². The average molecular weight is 332 g/mol. The fourth-order valence-corrected chi connectivity index (χ4v) is 3.00. The van der Waals surface area contributed by atoms with Crippen LogP contribution < -0.4 is 5.32 Å². The summed E-state index contributed by atoms with van der Waals surface area (Å²) in [5.74, 6) is 0.191. The third-order valence-corrected chi connectivity index (χ3v) is 4.50. The number of carbonyl (C=O) groups is 2. The predicted molar refractivity (Wildman–Crippen MR) is 93.9 cm³/mol. The summed E-state index contributed by atoms with van der Waals surface area (Å²) in [5.41, 5.74) is 1.76. The molecule has 1 aromatic carbocycles. The predicted octanol–water partition coefficient (Wildman–Crippen LogP) is 2.39. The molecule has 1 N–H and O–H groups in total. The van der Waals surface area contributed by atoms with E-state index in [1.807, 2.05) is 43.0 Å². The maximum Gasteiger partial charge on any atom is 0.254 e. The Labute approximate surface area is 144 Å². The van der Waals surface area contributed by atoms with Crippen molar-refractivity contribution in [2.75, 3.05) is 32.8 Å². The van der Waals surface area contributed by atoms with Gasteiger partial charge in [0.1, 0.15) is 0 Å². The van der Waals surface area contributed by atoms with Crippen molar-refractivity contribution in [1.29, 1.82) is 0 Å². The van der Waals surface area contributed by atoms with Crippen molar-refractivity contribution in [3.8, 4) is 0 Å². The van der Waals surface area contributed by atoms with Gasteiger partial charge in [0.15, 0.2) is 0 Å². The van der Waals surface area contributed by atoms with Crippen molar-refractivity contribution in [1.82, 2.24) is 10.2 Å². The lowest BCUT2D eigenvalue weighted by Crippen LogP contribution is -2.43. The zero-order valence-electron chi connectivity index (χ0n) is 14.7. The van der Waals surface area contributed by atoms with Gasteiger partial charge in [0.2, 0.25) is 5.91 Å². The van der Waals surface area contributed by atoms with Crippen LogP contribution in [-0.2, 0) is 9.53 Å². The molecule has 1 aliphatic heterocycles. The first-order valence-corrected chi connectivity index (χ1v) is 8.83. The van der Waals surface area contributed by atoms with Crippen molar-refractivity contribution in [3.63, 3.8) is 0 Å². The molecule has 0 bridgehead atoms. The van der Waals surface area contributed by atoms with Crippen LogP contribution in [0.5, 0.6) is 0 Å². The molecule has 24 heavy (non-hydrogen) atoms. The van der Waals surface area contributed by atoms with E-state index in [1.54, 1.807) is 0 Å². The molecule has 0 radical (unpaired) electrons. The molecular formula is C19H28N2O3. The molecule has 1 fully saturated rings. The van der Waals surface area contributed by atoms with Crippen LogP contribution in [0.1, 0.15) is 42.1 Å². The first-order chi connectivity index (χ1) is 11.6. The molecule has 2 rings (SSSR count). The lowest BCUT2D eigenvalue weighted by Gasteiger charge is -2.31. The highest BCUT2D eigenvalue weighted by atomic mass is 16.5. The van der Waals surface area contributed by atoms with E-state index in [9.17, 15) is 9.59 Å². The highest BCUT2D eigenvalue weighted by molar-refractivity contribution is 5.95. The second-order valence-corrected chi connectivity index (χ2v) is 6.22. The molecule has 0 saturated carbocycles. The Hall–Kier alpha value is -1.88. The SMILES string of the molecule is CCOCCCNC(=O)C1CCN(C(=O)c2ccccc2C)CC1. The van der Waals surface area contributed by atoms with Gasteiger partial charge in [-0.1, -0.05) is 18.2 Å². The van der Waals surface area contributed by atoms with E-state index in [2.05, 4.69) is 5.32 Å². The summed E-state index contributed by atoms with van der Waals surface area (Å²) in [6.07, 6.45) is 2.30. The molecular weight excluding hydrogens is 304 g/mol. The minimum absolute atomic E-state index is 0.0120. The number of rotatable bonds is 7. The zero-order chi connectivity index (χ0) is 17.4. The number of piperidine rings is 1. The van der Waals surface area contributed by atoms with Gasteiger partial charge in [0, 0.05) is 44.3 Å². The van der Waals surface area contributed by atoms with Gasteiger partial charge in [0.05, 0.1) is 0 Å². The van der Waals surface area contributed by atoms with E-state index in [4.69, 9.17) is 4.74 Å². The average Bonchev–Trinajstić information content (AvgIpc) is 2.61. The molecule has 0 atom stereocenters. The largest absolute Gasteiger partial charge is 0.382 e. The van der Waals surface area contributed by atoms with Crippen LogP contribution in [0.25, 0.3) is 0 Å². The molecule has 1 saturated heterocycles. The first-order valence-electron chi connectivity index (χ1n) is 8.83. The number of ether oxygens (including phenoxy) is 1. The van der Waals surface area contributed by atoms with Gasteiger partial charge in [-0.3, -0.25) is 9.59 Å². The van der Waals surface area contributed by atoms with Gasteiger partial charge in [-0.05, 0) is 44.7 Å². The molecule has 2 amide bonds. The van der Waals surface area contributed by atoms with Gasteiger partial charge >= 0.3 is 0 Å². The van der Waals surface area contributed by atoms with Gasteiger partial charge in [0.25, 0.3) is 5.91 Å². The Kier molecular flexibility index (Phi) is 7.25. The van der Waals surface area contributed by atoms with Crippen LogP contribution in [0.2, 0.25) is 0 Å². The zero-order valence-corrected chi connectivity index (χ0v) is 14.7. The summed E-state index contributed by atoms with van der Waals surface area (Å²) in [4.78, 5) is 26.6. The molecule has 0 unspecified atom stereocenters. The van der Waals surface area contributed by atoms with Crippen LogP contribution in [0.3, 0.4) is 0 Å². The molecule has 1 aliphatic rings. The normalized spacial score (nSPS) is 15.3. The smallest absolute Gasteiger partial charge is 0.254 e. The lowest BCUT2D eigenvalue weighted by molar-refractivity contribution is -0.126. The maximum atomic E-state index is 12.6. The molecule has 0 aliphatic carbocycles. The highest BCUT2D eigenvalue weighted by Gasteiger charge is 2.27. The van der Waals surface area contributed by atoms with E-state index in [0.717, 1.165) is 30.4 Å². The topological polar surface area (TPSA) is 58.6 Å². The quantitative estimate of drug-likeness (QED) is 0.780. The maximum absolute atomic E-state index is 12.6. The van der Waals surface area contributed by atoms with Crippen LogP contribution in [0.15, 0.2) is 24.3 Å². The molecule has 1 heterocycles. The number of amides is 2. The molecule has 0 aromatic heterocycles. The highest BCUT2D eigenvalue weighted by Crippen LogP contribution is 2.20. The number of hydrogen-bond acceptors (Lipinski definition) is 3. The summed E-state index contributed by atoms with van der Waals surface area (Å²) in [6, 6.07) is 7.65. The second-order valence-electron chi connectivity index (χ2n) is 6.22. The number of likely N-dealkylation sites (tertiary alicyclic amines) is 1. The summed E-state index contributed by atoms with van der Waals surface area (Å²) in [6.45, 7) is 7.25. The van der Waals surface area contributed by atoms with E-state index in [1.165, 1.54) is 0 Å². The number of nitrogens with one attached hydrogen (secondary N) is 1. The van der Waals surface area contributed by atoms with Crippen molar-refractivity contribution in [2.45, 2.75) is 33.1 Å². The number of aryl methyl sites for hydroxylation is 1. The van der Waals surface area contributed by atoms with Crippen LogP contribution in [0, 0.1) is 12.8 Å². The third-order valence-electron chi connectivity index (χ3n) is 4.50. The van der Waals surface area contributed by atoms with Crippen molar-refractivity contribution in [3.05, 3.63) is 35.4 Å². The Morgan fingerprint density at radius 1 is 1.25 bits per heavy atom. The van der Waals surface area contributed by atoms with Crippen LogP contribution in [0.4, 0.5) is 0 Å². The monoisotopic (exact) mass is 332 g/mol. The summed E-state index contributed by atoms with van der Waals surface area (Å²) >= 11 is 0. The Morgan fingerprint density at radius 2 is 1.96 bits per heavy atom. The number of benzene rings is 1. The second kappa shape index (κ2) is 9.42. The van der Waals surface area contributed by atoms with E-state index in [-0.39, 0.29) is 17.7 Å². The third kappa shape index (κ3) is 5.06. The Morgan fingerprint density at radius 3 is 2.62 bits per heavy atom. The summed E-state index contributed by atoms with van der Waals surface area (Å²) in [7, 11) is 0. The molecule has 1 aromatic rings. The first kappa shape index (κ1) is 18.5. The standard InChI is InChI=1S/C19H28N2O3/c1-3-24-14-6-11-20-18(22)16-9-12-21(13-10-16)19(23)17-8-5-4-7-15(17)2/h4-5,7-8,16H,3,6,9-14H2,1-2H3,(H,20,22). The molecule has 5 nitrogen and oxygen atoms in total. The summed E-state index contributed by atoms with van der Waals surface area (Å²) in [5, 5.41) is 2.97. The molecule has 5 heteroatoms. The van der Waals surface area contributed by atoms with Crippen molar-refractivity contribution >= 4 is 11.8 Å². The van der Waals surface area contributed by atoms with Gasteiger partial charge in [-0.15, -0.1) is 0 Å². The minimum Gasteiger partial charge on any atom is -0.382 e. The number of hydrogen-bond donors (Lipinski definition) is 1. The van der Waals surface area contributed by atoms with E-state index < -0.39 is 0 Å². The lowest BCUT2D eigenvalue weighted by atomic mass is 9.95. The van der Waals surface area contributed by atoms with Crippen molar-refractivity contribution in [2.24, 2.45) is 5.92 Å².